The predicted molar refractivity (Wildman–Crippen MR) is 88.4 cm³/mol. The number of hydrogen-bond donors (Lipinski definition) is 0. The van der Waals surface area contributed by atoms with E-state index in [0.29, 0.717) is 23.3 Å². The molecule has 0 atom stereocenters. The van der Waals surface area contributed by atoms with Crippen molar-refractivity contribution in [2.45, 2.75) is 33.0 Å². The van der Waals surface area contributed by atoms with Crippen LogP contribution in [0.5, 0.6) is 0 Å². The summed E-state index contributed by atoms with van der Waals surface area (Å²) in [7, 11) is 0. The summed E-state index contributed by atoms with van der Waals surface area (Å²) in [6.45, 7) is 5.87. The molecule has 0 aliphatic rings. The highest BCUT2D eigenvalue weighted by molar-refractivity contribution is 5.67. The molecule has 1 heterocycles. The zero-order chi connectivity index (χ0) is 18.6. The van der Waals surface area contributed by atoms with E-state index in [-0.39, 0.29) is 11.9 Å². The third-order valence-electron chi connectivity index (χ3n) is 3.52. The van der Waals surface area contributed by atoms with Gasteiger partial charge in [0.15, 0.2) is 5.69 Å². The van der Waals surface area contributed by atoms with Gasteiger partial charge in [-0.15, -0.1) is 0 Å². The topological polar surface area (TPSA) is 50.8 Å². The van der Waals surface area contributed by atoms with Gasteiger partial charge < -0.3 is 9.30 Å². The monoisotopic (exact) mass is 349 g/mol. The van der Waals surface area contributed by atoms with Crippen molar-refractivity contribution in [3.8, 4) is 17.5 Å². The van der Waals surface area contributed by atoms with Crippen molar-refractivity contribution in [2.75, 3.05) is 6.61 Å². The van der Waals surface area contributed by atoms with Crippen molar-refractivity contribution < 1.29 is 17.9 Å². The maximum atomic E-state index is 13.0. The molecule has 25 heavy (non-hydrogen) atoms. The lowest BCUT2D eigenvalue weighted by Crippen LogP contribution is -2.05. The minimum absolute atomic E-state index is 0.198. The fraction of sp³-hybridized carbons (Fsp3) is 0.333. The van der Waals surface area contributed by atoms with Crippen LogP contribution in [0, 0.1) is 11.3 Å². The first-order chi connectivity index (χ1) is 11.8. The lowest BCUT2D eigenvalue weighted by Gasteiger charge is -2.12. The van der Waals surface area contributed by atoms with Gasteiger partial charge in [0.05, 0.1) is 24.5 Å². The summed E-state index contributed by atoms with van der Waals surface area (Å²) >= 11 is 0. The predicted octanol–water partition coefficient (Wildman–Crippen LogP) is 5.03. The van der Waals surface area contributed by atoms with Gasteiger partial charge in [-0.1, -0.05) is 0 Å². The summed E-state index contributed by atoms with van der Waals surface area (Å²) in [5.74, 6) is 0.206. The molecule has 2 rings (SSSR count). The van der Waals surface area contributed by atoms with Crippen LogP contribution in [0.25, 0.3) is 17.5 Å². The van der Waals surface area contributed by atoms with E-state index in [1.165, 1.54) is 10.8 Å². The molecule has 4 nitrogen and oxygen atoms in total. The molecule has 132 valence electrons. The fourth-order valence-corrected chi connectivity index (χ4v) is 2.30. The Labute approximate surface area is 144 Å². The Morgan fingerprint density at radius 1 is 1.36 bits per heavy atom. The first-order valence-corrected chi connectivity index (χ1v) is 7.76. The first kappa shape index (κ1) is 18.6. The lowest BCUT2D eigenvalue weighted by molar-refractivity contribution is -0.140. The molecular weight excluding hydrogens is 331 g/mol. The number of nitrogens with zero attached hydrogens (tertiary/aromatic N) is 3. The van der Waals surface area contributed by atoms with Gasteiger partial charge in [0.1, 0.15) is 5.82 Å². The summed E-state index contributed by atoms with van der Waals surface area (Å²) in [6.07, 6.45) is -0.442. The molecule has 0 saturated heterocycles. The van der Waals surface area contributed by atoms with Crippen LogP contribution in [0.4, 0.5) is 13.2 Å². The van der Waals surface area contributed by atoms with Crippen LogP contribution < -0.4 is 0 Å². The molecule has 0 saturated carbocycles. The molecule has 0 fully saturated rings. The molecule has 0 aliphatic heterocycles. The lowest BCUT2D eigenvalue weighted by atomic mass is 10.0. The normalized spacial score (nSPS) is 11.9. The number of hydrogen-bond acceptors (Lipinski definition) is 3. The van der Waals surface area contributed by atoms with Crippen LogP contribution in [-0.4, -0.2) is 16.2 Å². The third-order valence-corrected chi connectivity index (χ3v) is 3.52. The molecule has 0 unspecified atom stereocenters. The summed E-state index contributed by atoms with van der Waals surface area (Å²) in [5.41, 5.74) is 0.519. The molecule has 2 aromatic rings. The maximum Gasteiger partial charge on any atom is 0.434 e. The summed E-state index contributed by atoms with van der Waals surface area (Å²) < 4.78 is 45.7. The van der Waals surface area contributed by atoms with Gasteiger partial charge in [0, 0.05) is 17.8 Å². The maximum absolute atomic E-state index is 13.0. The number of imidazole rings is 1. The zero-order valence-corrected chi connectivity index (χ0v) is 14.1. The Kier molecular flexibility index (Phi) is 5.52. The highest BCUT2D eigenvalue weighted by Crippen LogP contribution is 2.33. The van der Waals surface area contributed by atoms with Crippen LogP contribution in [-0.2, 0) is 10.9 Å². The smallest absolute Gasteiger partial charge is 0.434 e. The standard InChI is InChI=1S/C18H18F3N3O/c1-4-25-8-7-13-9-14(5-6-15(13)10-22)17-23-16(18(19,20)21)11-24(17)12(2)3/h5-9,11-12H,4H2,1-3H3/b8-7+. The van der Waals surface area contributed by atoms with Gasteiger partial charge in [-0.05, 0) is 50.6 Å². The molecule has 1 aromatic heterocycles. The van der Waals surface area contributed by atoms with Crippen molar-refractivity contribution >= 4 is 6.08 Å². The van der Waals surface area contributed by atoms with E-state index in [1.54, 1.807) is 38.1 Å². The summed E-state index contributed by atoms with van der Waals surface area (Å²) in [6, 6.07) is 6.65. The Balaban J connectivity index is 2.56. The number of rotatable bonds is 5. The molecule has 0 aliphatic carbocycles. The van der Waals surface area contributed by atoms with Gasteiger partial charge >= 0.3 is 6.18 Å². The second kappa shape index (κ2) is 7.43. The number of benzene rings is 1. The van der Waals surface area contributed by atoms with E-state index < -0.39 is 11.9 Å². The Morgan fingerprint density at radius 3 is 2.64 bits per heavy atom. The van der Waals surface area contributed by atoms with E-state index in [2.05, 4.69) is 11.1 Å². The van der Waals surface area contributed by atoms with Gasteiger partial charge in [-0.2, -0.15) is 18.4 Å². The highest BCUT2D eigenvalue weighted by atomic mass is 19.4. The molecule has 0 spiro atoms. The summed E-state index contributed by atoms with van der Waals surface area (Å²) in [4.78, 5) is 3.77. The average molecular weight is 349 g/mol. The van der Waals surface area contributed by atoms with Crippen molar-refractivity contribution in [3.63, 3.8) is 0 Å². The van der Waals surface area contributed by atoms with Gasteiger partial charge in [-0.25, -0.2) is 4.98 Å². The average Bonchev–Trinajstić information content (AvgIpc) is 3.01. The van der Waals surface area contributed by atoms with Crippen LogP contribution >= 0.6 is 0 Å². The first-order valence-electron chi connectivity index (χ1n) is 7.76. The quantitative estimate of drug-likeness (QED) is 0.712. The Hall–Kier alpha value is -2.75. The fourth-order valence-electron chi connectivity index (χ4n) is 2.30. The minimum atomic E-state index is -4.51. The van der Waals surface area contributed by atoms with Gasteiger partial charge in [0.2, 0.25) is 0 Å². The number of halogens is 3. The Bertz CT molecular complexity index is 814. The summed E-state index contributed by atoms with van der Waals surface area (Å²) in [5, 5.41) is 9.20. The van der Waals surface area contributed by atoms with E-state index in [0.717, 1.165) is 6.20 Å². The van der Waals surface area contributed by atoms with E-state index in [1.807, 2.05) is 6.92 Å². The Morgan fingerprint density at radius 2 is 2.08 bits per heavy atom. The highest BCUT2D eigenvalue weighted by Gasteiger charge is 2.35. The number of alkyl halides is 3. The largest absolute Gasteiger partial charge is 0.501 e. The van der Waals surface area contributed by atoms with Gasteiger partial charge in [-0.3, -0.25) is 0 Å². The van der Waals surface area contributed by atoms with E-state index in [9.17, 15) is 18.4 Å². The zero-order valence-electron chi connectivity index (χ0n) is 14.1. The molecule has 0 radical (unpaired) electrons. The van der Waals surface area contributed by atoms with Crippen LogP contribution in [0.3, 0.4) is 0 Å². The number of nitriles is 1. The minimum Gasteiger partial charge on any atom is -0.501 e. The van der Waals surface area contributed by atoms with Crippen molar-refractivity contribution in [1.29, 1.82) is 5.26 Å². The molecule has 0 N–H and O–H groups in total. The van der Waals surface area contributed by atoms with Crippen molar-refractivity contribution in [3.05, 3.63) is 47.5 Å². The third kappa shape index (κ3) is 4.21. The van der Waals surface area contributed by atoms with Crippen LogP contribution in [0.1, 0.15) is 43.6 Å². The molecule has 0 bridgehead atoms. The van der Waals surface area contributed by atoms with Crippen LogP contribution in [0.15, 0.2) is 30.7 Å². The van der Waals surface area contributed by atoms with Crippen molar-refractivity contribution in [1.82, 2.24) is 9.55 Å². The second-order valence-corrected chi connectivity index (χ2v) is 5.62. The van der Waals surface area contributed by atoms with E-state index in [4.69, 9.17) is 4.74 Å². The molecule has 0 amide bonds. The SMILES string of the molecule is CCO/C=C/c1cc(-c2nc(C(F)(F)F)cn2C(C)C)ccc1C#N. The molecular formula is C18H18F3N3O. The second-order valence-electron chi connectivity index (χ2n) is 5.62. The number of ether oxygens (including phenoxy) is 1. The molecule has 7 heteroatoms. The number of aromatic nitrogens is 2. The van der Waals surface area contributed by atoms with E-state index >= 15 is 0 Å². The van der Waals surface area contributed by atoms with Gasteiger partial charge in [0.25, 0.3) is 0 Å². The van der Waals surface area contributed by atoms with Crippen LogP contribution in [0.2, 0.25) is 0 Å². The van der Waals surface area contributed by atoms with Crippen molar-refractivity contribution in [2.24, 2.45) is 0 Å². The molecule has 1 aromatic carbocycles.